The van der Waals surface area contributed by atoms with Gasteiger partial charge < -0.3 is 10.6 Å². The van der Waals surface area contributed by atoms with Crippen molar-refractivity contribution in [1.29, 1.82) is 0 Å². The lowest BCUT2D eigenvalue weighted by molar-refractivity contribution is 0.311. The van der Waals surface area contributed by atoms with E-state index in [4.69, 9.17) is 5.73 Å². The quantitative estimate of drug-likeness (QED) is 0.814. The van der Waals surface area contributed by atoms with Gasteiger partial charge in [-0.15, -0.1) is 0 Å². The van der Waals surface area contributed by atoms with Gasteiger partial charge in [-0.05, 0) is 36.8 Å². The van der Waals surface area contributed by atoms with Gasteiger partial charge in [-0.1, -0.05) is 13.8 Å². The van der Waals surface area contributed by atoms with Crippen molar-refractivity contribution >= 4 is 22.3 Å². The molecule has 1 aromatic carbocycles. The van der Waals surface area contributed by atoms with Crippen LogP contribution in [0.1, 0.15) is 26.7 Å². The van der Waals surface area contributed by atoms with Crippen molar-refractivity contribution in [2.75, 3.05) is 23.7 Å². The van der Waals surface area contributed by atoms with E-state index in [9.17, 15) is 0 Å². The van der Waals surface area contributed by atoms with Crippen molar-refractivity contribution in [3.8, 4) is 0 Å². The van der Waals surface area contributed by atoms with Crippen LogP contribution >= 0.6 is 0 Å². The maximum absolute atomic E-state index is 6.19. The Balaban J connectivity index is 1.83. The maximum Gasteiger partial charge on any atom is 0.0672 e. The lowest BCUT2D eigenvalue weighted by atomic mass is 9.86. The van der Waals surface area contributed by atoms with Crippen molar-refractivity contribution in [2.24, 2.45) is 11.8 Å². The van der Waals surface area contributed by atoms with Gasteiger partial charge >= 0.3 is 0 Å². The summed E-state index contributed by atoms with van der Waals surface area (Å²) in [4.78, 5) is 2.41. The molecule has 19 heavy (non-hydrogen) atoms. The number of anilines is 2. The van der Waals surface area contributed by atoms with E-state index in [0.717, 1.165) is 47.2 Å². The molecule has 0 amide bonds. The highest BCUT2D eigenvalue weighted by Gasteiger charge is 2.23. The predicted octanol–water partition coefficient (Wildman–Crippen LogP) is 3.02. The SMILES string of the molecule is CC(C)C1CCN(c2cc3[nH]ncc3cc2N)CC1. The minimum absolute atomic E-state index is 0.787. The van der Waals surface area contributed by atoms with Gasteiger partial charge in [0.15, 0.2) is 0 Å². The number of rotatable bonds is 2. The van der Waals surface area contributed by atoms with Crippen LogP contribution in [0.5, 0.6) is 0 Å². The van der Waals surface area contributed by atoms with Gasteiger partial charge in [0.05, 0.1) is 23.1 Å². The summed E-state index contributed by atoms with van der Waals surface area (Å²) in [6.45, 7) is 6.86. The Bertz CT molecular complexity index is 565. The van der Waals surface area contributed by atoms with Crippen LogP contribution in [0.25, 0.3) is 10.9 Å². The van der Waals surface area contributed by atoms with Gasteiger partial charge in [-0.3, -0.25) is 5.10 Å². The zero-order valence-electron chi connectivity index (χ0n) is 11.7. The van der Waals surface area contributed by atoms with Crippen molar-refractivity contribution in [2.45, 2.75) is 26.7 Å². The van der Waals surface area contributed by atoms with Crippen molar-refractivity contribution in [3.63, 3.8) is 0 Å². The molecule has 2 heterocycles. The third-order valence-electron chi connectivity index (χ3n) is 4.41. The Morgan fingerprint density at radius 1 is 1.32 bits per heavy atom. The Morgan fingerprint density at radius 3 is 2.74 bits per heavy atom. The number of nitrogen functional groups attached to an aromatic ring is 1. The topological polar surface area (TPSA) is 57.9 Å². The normalized spacial score (nSPS) is 17.5. The Labute approximate surface area is 114 Å². The van der Waals surface area contributed by atoms with Gasteiger partial charge in [0.2, 0.25) is 0 Å². The first kappa shape index (κ1) is 12.3. The summed E-state index contributed by atoms with van der Waals surface area (Å²) in [6, 6.07) is 4.15. The van der Waals surface area contributed by atoms with Crippen LogP contribution in [0.3, 0.4) is 0 Å². The molecule has 1 aromatic heterocycles. The highest BCUT2D eigenvalue weighted by atomic mass is 15.1. The number of aromatic nitrogens is 2. The summed E-state index contributed by atoms with van der Waals surface area (Å²) in [5.41, 5.74) is 9.26. The minimum Gasteiger partial charge on any atom is -0.397 e. The first-order valence-electron chi connectivity index (χ1n) is 7.12. The summed E-state index contributed by atoms with van der Waals surface area (Å²) < 4.78 is 0. The molecule has 0 bridgehead atoms. The predicted molar refractivity (Wildman–Crippen MR) is 80.3 cm³/mol. The zero-order chi connectivity index (χ0) is 13.4. The monoisotopic (exact) mass is 258 g/mol. The second-order valence-electron chi connectivity index (χ2n) is 5.94. The molecule has 0 atom stereocenters. The number of nitrogens with one attached hydrogen (secondary N) is 1. The smallest absolute Gasteiger partial charge is 0.0672 e. The first-order valence-corrected chi connectivity index (χ1v) is 7.12. The van der Waals surface area contributed by atoms with E-state index < -0.39 is 0 Å². The number of fused-ring (bicyclic) bond motifs is 1. The molecular weight excluding hydrogens is 236 g/mol. The van der Waals surface area contributed by atoms with E-state index in [0.29, 0.717) is 0 Å². The average molecular weight is 258 g/mol. The molecule has 3 N–H and O–H groups in total. The highest BCUT2D eigenvalue weighted by molar-refractivity contribution is 5.88. The number of hydrogen-bond acceptors (Lipinski definition) is 3. The molecule has 102 valence electrons. The largest absolute Gasteiger partial charge is 0.397 e. The Kier molecular flexibility index (Phi) is 3.09. The van der Waals surface area contributed by atoms with Crippen LogP contribution in [-0.4, -0.2) is 23.3 Å². The van der Waals surface area contributed by atoms with Crippen LogP contribution in [-0.2, 0) is 0 Å². The lowest BCUT2D eigenvalue weighted by Gasteiger charge is -2.35. The van der Waals surface area contributed by atoms with E-state index in [2.05, 4.69) is 35.0 Å². The third kappa shape index (κ3) is 2.27. The molecule has 4 nitrogen and oxygen atoms in total. The van der Waals surface area contributed by atoms with E-state index in [1.165, 1.54) is 12.8 Å². The second-order valence-corrected chi connectivity index (χ2v) is 5.94. The van der Waals surface area contributed by atoms with Crippen molar-refractivity contribution in [3.05, 3.63) is 18.3 Å². The molecule has 1 aliphatic rings. The second kappa shape index (κ2) is 4.76. The number of benzene rings is 1. The van der Waals surface area contributed by atoms with Gasteiger partial charge in [-0.25, -0.2) is 0 Å². The van der Waals surface area contributed by atoms with Crippen molar-refractivity contribution < 1.29 is 0 Å². The molecule has 4 heteroatoms. The standard InChI is InChI=1S/C15H22N4/c1-10(2)11-3-5-19(6-4-11)15-8-14-12(7-13(15)16)9-17-18-14/h7-11H,3-6,16H2,1-2H3,(H,17,18). The molecular formula is C15H22N4. The van der Waals surface area contributed by atoms with Crippen LogP contribution in [0, 0.1) is 11.8 Å². The van der Waals surface area contributed by atoms with E-state index >= 15 is 0 Å². The van der Waals surface area contributed by atoms with E-state index in [1.807, 2.05) is 12.3 Å². The summed E-state index contributed by atoms with van der Waals surface area (Å²) >= 11 is 0. The molecule has 0 spiro atoms. The van der Waals surface area contributed by atoms with Crippen LogP contribution < -0.4 is 10.6 Å². The molecule has 0 aliphatic carbocycles. The number of aromatic amines is 1. The molecule has 0 radical (unpaired) electrons. The maximum atomic E-state index is 6.19. The molecule has 1 fully saturated rings. The number of hydrogen-bond donors (Lipinski definition) is 2. The highest BCUT2D eigenvalue weighted by Crippen LogP contribution is 2.33. The van der Waals surface area contributed by atoms with E-state index in [-0.39, 0.29) is 0 Å². The average Bonchev–Trinajstić information content (AvgIpc) is 2.85. The van der Waals surface area contributed by atoms with Crippen LogP contribution in [0.15, 0.2) is 18.3 Å². The molecule has 3 rings (SSSR count). The number of nitrogens with two attached hydrogens (primary N) is 1. The fourth-order valence-electron chi connectivity index (χ4n) is 3.08. The van der Waals surface area contributed by atoms with Gasteiger partial charge in [0.1, 0.15) is 0 Å². The van der Waals surface area contributed by atoms with Gasteiger partial charge in [0.25, 0.3) is 0 Å². The minimum atomic E-state index is 0.787. The number of H-pyrrole nitrogens is 1. The molecule has 0 unspecified atom stereocenters. The van der Waals surface area contributed by atoms with Gasteiger partial charge in [-0.2, -0.15) is 5.10 Å². The molecule has 2 aromatic rings. The van der Waals surface area contributed by atoms with Crippen molar-refractivity contribution in [1.82, 2.24) is 10.2 Å². The summed E-state index contributed by atoms with van der Waals surface area (Å²) in [7, 11) is 0. The summed E-state index contributed by atoms with van der Waals surface area (Å²) in [5.74, 6) is 1.64. The summed E-state index contributed by atoms with van der Waals surface area (Å²) in [5, 5.41) is 8.17. The number of nitrogens with zero attached hydrogens (tertiary/aromatic N) is 2. The lowest BCUT2D eigenvalue weighted by Crippen LogP contribution is -2.35. The fourth-order valence-corrected chi connectivity index (χ4v) is 3.08. The summed E-state index contributed by atoms with van der Waals surface area (Å²) in [6.07, 6.45) is 4.34. The number of piperidine rings is 1. The third-order valence-corrected chi connectivity index (χ3v) is 4.41. The zero-order valence-corrected chi connectivity index (χ0v) is 11.7. The Hall–Kier alpha value is -1.71. The molecule has 1 saturated heterocycles. The van der Waals surface area contributed by atoms with Crippen LogP contribution in [0.4, 0.5) is 11.4 Å². The molecule has 1 aliphatic heterocycles. The van der Waals surface area contributed by atoms with E-state index in [1.54, 1.807) is 0 Å². The van der Waals surface area contributed by atoms with Gasteiger partial charge in [0, 0.05) is 18.5 Å². The Morgan fingerprint density at radius 2 is 2.05 bits per heavy atom. The first-order chi connectivity index (χ1) is 9.15. The van der Waals surface area contributed by atoms with Crippen LogP contribution in [0.2, 0.25) is 0 Å². The fraction of sp³-hybridized carbons (Fsp3) is 0.533. The molecule has 0 saturated carbocycles.